The zero-order chi connectivity index (χ0) is 13.1. The van der Waals surface area contributed by atoms with E-state index < -0.39 is 0 Å². The molecule has 0 fully saturated rings. The van der Waals surface area contributed by atoms with E-state index in [1.807, 2.05) is 25.1 Å². The van der Waals surface area contributed by atoms with Crippen molar-refractivity contribution in [3.05, 3.63) is 52.3 Å². The van der Waals surface area contributed by atoms with E-state index in [1.54, 1.807) is 6.07 Å². The molecular formula is C13H11ClN2O2. The summed E-state index contributed by atoms with van der Waals surface area (Å²) in [6.07, 6.45) is 1.30. The fourth-order valence-corrected chi connectivity index (χ4v) is 1.99. The lowest BCUT2D eigenvalue weighted by molar-refractivity contribution is 0.110. The van der Waals surface area contributed by atoms with E-state index >= 15 is 0 Å². The lowest BCUT2D eigenvalue weighted by atomic mass is 10.1. The molecule has 2 aromatic rings. The van der Waals surface area contributed by atoms with E-state index in [4.69, 9.17) is 11.6 Å². The van der Waals surface area contributed by atoms with Crippen molar-refractivity contribution in [1.29, 1.82) is 0 Å². The number of hydrogen-bond acceptors (Lipinski definition) is 3. The summed E-state index contributed by atoms with van der Waals surface area (Å²) in [5, 5.41) is 4.70. The summed E-state index contributed by atoms with van der Waals surface area (Å²) in [5.74, 6) is 0. The second kappa shape index (κ2) is 5.14. The molecule has 0 radical (unpaired) electrons. The summed E-state index contributed by atoms with van der Waals surface area (Å²) in [5.41, 5.74) is 1.53. The Kier molecular flexibility index (Phi) is 3.58. The molecule has 0 aliphatic heterocycles. The van der Waals surface area contributed by atoms with Crippen molar-refractivity contribution in [2.75, 3.05) is 0 Å². The van der Waals surface area contributed by atoms with Crippen LogP contribution in [0.1, 0.15) is 39.5 Å². The summed E-state index contributed by atoms with van der Waals surface area (Å²) in [6, 6.07) is 8.60. The molecule has 0 aliphatic carbocycles. The lowest BCUT2D eigenvalue weighted by Gasteiger charge is -2.14. The Morgan fingerprint density at radius 2 is 2.06 bits per heavy atom. The van der Waals surface area contributed by atoms with E-state index in [9.17, 15) is 9.59 Å². The van der Waals surface area contributed by atoms with Crippen molar-refractivity contribution in [1.82, 2.24) is 9.78 Å². The molecule has 2 rings (SSSR count). The second-order valence-electron chi connectivity index (χ2n) is 3.91. The Balaban J connectivity index is 2.44. The van der Waals surface area contributed by atoms with Crippen molar-refractivity contribution >= 4 is 24.2 Å². The standard InChI is InChI=1S/C13H11ClN2O2/c1-9(10-3-2-4-11(14)5-10)16-13(8-18)6-12(7-17)15-16/h2-9H,1H3. The van der Waals surface area contributed by atoms with E-state index in [0.717, 1.165) is 5.56 Å². The van der Waals surface area contributed by atoms with Crippen LogP contribution < -0.4 is 0 Å². The number of carbonyl (C=O) groups is 2. The highest BCUT2D eigenvalue weighted by Gasteiger charge is 2.14. The number of halogens is 1. The van der Waals surface area contributed by atoms with Gasteiger partial charge in [-0.3, -0.25) is 14.3 Å². The zero-order valence-corrected chi connectivity index (χ0v) is 10.5. The Morgan fingerprint density at radius 3 is 2.67 bits per heavy atom. The maximum atomic E-state index is 11.0. The number of carbonyl (C=O) groups excluding carboxylic acids is 2. The Labute approximate surface area is 109 Å². The predicted octanol–water partition coefficient (Wildman–Crippen LogP) is 2.77. The zero-order valence-electron chi connectivity index (χ0n) is 9.71. The highest BCUT2D eigenvalue weighted by atomic mass is 35.5. The fourth-order valence-electron chi connectivity index (χ4n) is 1.79. The van der Waals surface area contributed by atoms with Crippen LogP contribution in [0, 0.1) is 0 Å². The third-order valence-electron chi connectivity index (χ3n) is 2.72. The van der Waals surface area contributed by atoms with Crippen LogP contribution in [-0.4, -0.2) is 22.4 Å². The molecule has 0 saturated carbocycles. The molecule has 0 amide bonds. The number of rotatable bonds is 4. The van der Waals surface area contributed by atoms with Gasteiger partial charge in [0.1, 0.15) is 11.4 Å². The van der Waals surface area contributed by atoms with Gasteiger partial charge in [0.25, 0.3) is 0 Å². The molecule has 0 saturated heterocycles. The van der Waals surface area contributed by atoms with Gasteiger partial charge in [0.2, 0.25) is 0 Å². The minimum atomic E-state index is -0.169. The topological polar surface area (TPSA) is 52.0 Å². The summed E-state index contributed by atoms with van der Waals surface area (Å²) in [6.45, 7) is 1.89. The molecule has 0 N–H and O–H groups in total. The van der Waals surface area contributed by atoms with Crippen molar-refractivity contribution in [3.8, 4) is 0 Å². The molecular weight excluding hydrogens is 252 g/mol. The van der Waals surface area contributed by atoms with Crippen LogP contribution in [-0.2, 0) is 0 Å². The average Bonchev–Trinajstić information content (AvgIpc) is 2.81. The first-order chi connectivity index (χ1) is 8.65. The number of benzene rings is 1. The quantitative estimate of drug-likeness (QED) is 0.796. The number of hydrogen-bond donors (Lipinski definition) is 0. The minimum Gasteiger partial charge on any atom is -0.296 e. The van der Waals surface area contributed by atoms with Crippen molar-refractivity contribution in [2.45, 2.75) is 13.0 Å². The maximum Gasteiger partial charge on any atom is 0.170 e. The summed E-state index contributed by atoms with van der Waals surface area (Å²) in [7, 11) is 0. The van der Waals surface area contributed by atoms with E-state index in [0.29, 0.717) is 23.3 Å². The third-order valence-corrected chi connectivity index (χ3v) is 2.96. The van der Waals surface area contributed by atoms with E-state index in [2.05, 4.69) is 5.10 Å². The molecule has 1 heterocycles. The second-order valence-corrected chi connectivity index (χ2v) is 4.34. The van der Waals surface area contributed by atoms with Crippen LogP contribution in [0.2, 0.25) is 5.02 Å². The highest BCUT2D eigenvalue weighted by Crippen LogP contribution is 2.22. The van der Waals surface area contributed by atoms with Crippen molar-refractivity contribution in [3.63, 3.8) is 0 Å². The van der Waals surface area contributed by atoms with Gasteiger partial charge >= 0.3 is 0 Å². The molecule has 0 aliphatic rings. The minimum absolute atomic E-state index is 0.169. The van der Waals surface area contributed by atoms with Crippen LogP contribution in [0.5, 0.6) is 0 Å². The Hall–Kier alpha value is -1.94. The van der Waals surface area contributed by atoms with Crippen molar-refractivity contribution < 1.29 is 9.59 Å². The molecule has 0 bridgehead atoms. The Morgan fingerprint density at radius 1 is 1.28 bits per heavy atom. The number of aromatic nitrogens is 2. The van der Waals surface area contributed by atoms with Crippen LogP contribution >= 0.6 is 11.6 Å². The van der Waals surface area contributed by atoms with E-state index in [1.165, 1.54) is 10.7 Å². The molecule has 1 unspecified atom stereocenters. The van der Waals surface area contributed by atoms with Gasteiger partial charge in [-0.05, 0) is 30.7 Å². The smallest absolute Gasteiger partial charge is 0.170 e. The molecule has 0 spiro atoms. The van der Waals surface area contributed by atoms with Crippen LogP contribution in [0.4, 0.5) is 0 Å². The van der Waals surface area contributed by atoms with E-state index in [-0.39, 0.29) is 11.7 Å². The van der Waals surface area contributed by atoms with Gasteiger partial charge in [-0.25, -0.2) is 0 Å². The molecule has 1 aromatic carbocycles. The van der Waals surface area contributed by atoms with Crippen LogP contribution in [0.3, 0.4) is 0 Å². The maximum absolute atomic E-state index is 11.0. The van der Waals surface area contributed by atoms with Crippen LogP contribution in [0.15, 0.2) is 30.3 Å². The molecule has 18 heavy (non-hydrogen) atoms. The van der Waals surface area contributed by atoms with Crippen LogP contribution in [0.25, 0.3) is 0 Å². The molecule has 1 aromatic heterocycles. The summed E-state index contributed by atoms with van der Waals surface area (Å²) >= 11 is 5.93. The number of aldehydes is 2. The normalized spacial score (nSPS) is 12.1. The monoisotopic (exact) mass is 262 g/mol. The first kappa shape index (κ1) is 12.5. The molecule has 1 atom stereocenters. The summed E-state index contributed by atoms with van der Waals surface area (Å²) < 4.78 is 1.52. The Bertz CT molecular complexity index is 592. The number of nitrogens with zero attached hydrogens (tertiary/aromatic N) is 2. The molecule has 92 valence electrons. The predicted molar refractivity (Wildman–Crippen MR) is 68.3 cm³/mol. The highest BCUT2D eigenvalue weighted by molar-refractivity contribution is 6.30. The first-order valence-corrected chi connectivity index (χ1v) is 5.79. The first-order valence-electron chi connectivity index (χ1n) is 5.41. The fraction of sp³-hybridized carbons (Fsp3) is 0.154. The van der Waals surface area contributed by atoms with Gasteiger partial charge < -0.3 is 0 Å². The van der Waals surface area contributed by atoms with Gasteiger partial charge in [0, 0.05) is 5.02 Å². The van der Waals surface area contributed by atoms with Crippen molar-refractivity contribution in [2.24, 2.45) is 0 Å². The van der Waals surface area contributed by atoms with Gasteiger partial charge in [0.15, 0.2) is 12.6 Å². The van der Waals surface area contributed by atoms with Gasteiger partial charge in [-0.1, -0.05) is 23.7 Å². The van der Waals surface area contributed by atoms with Gasteiger partial charge in [-0.15, -0.1) is 0 Å². The average molecular weight is 263 g/mol. The van der Waals surface area contributed by atoms with Gasteiger partial charge in [0.05, 0.1) is 6.04 Å². The third kappa shape index (κ3) is 2.33. The summed E-state index contributed by atoms with van der Waals surface area (Å²) in [4.78, 5) is 21.6. The largest absolute Gasteiger partial charge is 0.296 e. The molecule has 5 heteroatoms. The lowest BCUT2D eigenvalue weighted by Crippen LogP contribution is -2.11. The van der Waals surface area contributed by atoms with Gasteiger partial charge in [-0.2, -0.15) is 5.10 Å². The SMILES string of the molecule is CC(c1cccc(Cl)c1)n1nc(C=O)cc1C=O. The molecule has 4 nitrogen and oxygen atoms in total.